The number of nitrogens with zero attached hydrogens (tertiary/aromatic N) is 2. The maximum absolute atomic E-state index is 13.0. The summed E-state index contributed by atoms with van der Waals surface area (Å²) >= 11 is 0. The van der Waals surface area contributed by atoms with Crippen molar-refractivity contribution < 1.29 is 19.7 Å². The second-order valence-corrected chi connectivity index (χ2v) is 7.04. The number of hydrogen-bond acceptors (Lipinski definition) is 6. The smallest absolute Gasteiger partial charge is 0.280 e. The highest BCUT2D eigenvalue weighted by atomic mass is 16.5. The van der Waals surface area contributed by atoms with E-state index in [0.717, 1.165) is 19.3 Å². The number of pyridine rings is 1. The third-order valence-electron chi connectivity index (χ3n) is 4.94. The van der Waals surface area contributed by atoms with Gasteiger partial charge in [0.15, 0.2) is 11.5 Å². The second-order valence-electron chi connectivity index (χ2n) is 7.04. The predicted octanol–water partition coefficient (Wildman–Crippen LogP) is 3.38. The number of hydrazone groups is 1. The Bertz CT molecular complexity index is 1180. The van der Waals surface area contributed by atoms with E-state index in [1.165, 1.54) is 24.0 Å². The third kappa shape index (κ3) is 4.69. The van der Waals surface area contributed by atoms with Gasteiger partial charge in [0.2, 0.25) is 0 Å². The molecule has 162 valence electrons. The Kier molecular flexibility index (Phi) is 6.92. The lowest BCUT2D eigenvalue weighted by molar-refractivity contribution is 0.0950. The molecule has 0 unspecified atom stereocenters. The molecule has 8 nitrogen and oxygen atoms in total. The largest absolute Gasteiger partial charge is 0.506 e. The molecule has 0 fully saturated rings. The van der Waals surface area contributed by atoms with Crippen molar-refractivity contribution in [2.75, 3.05) is 7.11 Å². The molecule has 3 rings (SSSR count). The van der Waals surface area contributed by atoms with Crippen LogP contribution in [-0.4, -0.2) is 34.0 Å². The zero-order valence-corrected chi connectivity index (χ0v) is 17.5. The van der Waals surface area contributed by atoms with E-state index >= 15 is 0 Å². The zero-order chi connectivity index (χ0) is 22.4. The van der Waals surface area contributed by atoms with Gasteiger partial charge in [-0.3, -0.25) is 9.59 Å². The van der Waals surface area contributed by atoms with Gasteiger partial charge in [0, 0.05) is 11.9 Å². The molecule has 0 aliphatic heterocycles. The van der Waals surface area contributed by atoms with Crippen molar-refractivity contribution in [1.29, 1.82) is 0 Å². The topological polar surface area (TPSA) is 113 Å². The van der Waals surface area contributed by atoms with Crippen molar-refractivity contribution in [2.24, 2.45) is 5.10 Å². The first-order valence-electron chi connectivity index (χ1n) is 10.0. The molecular formula is C23H25N3O5. The number of phenols is 1. The van der Waals surface area contributed by atoms with Gasteiger partial charge in [-0.2, -0.15) is 5.10 Å². The first kappa shape index (κ1) is 21.9. The molecule has 31 heavy (non-hydrogen) atoms. The average molecular weight is 423 g/mol. The van der Waals surface area contributed by atoms with Crippen molar-refractivity contribution in [1.82, 2.24) is 9.99 Å². The number of fused-ring (bicyclic) bond motifs is 1. The fourth-order valence-corrected chi connectivity index (χ4v) is 3.33. The fraction of sp³-hybridized carbons (Fsp3) is 0.261. The highest BCUT2D eigenvalue weighted by Crippen LogP contribution is 2.27. The van der Waals surface area contributed by atoms with E-state index in [4.69, 9.17) is 4.74 Å². The van der Waals surface area contributed by atoms with Gasteiger partial charge in [-0.25, -0.2) is 5.43 Å². The highest BCUT2D eigenvalue weighted by molar-refractivity contribution is 6.02. The van der Waals surface area contributed by atoms with Crippen molar-refractivity contribution in [3.05, 3.63) is 63.9 Å². The first-order valence-corrected chi connectivity index (χ1v) is 10.0. The summed E-state index contributed by atoms with van der Waals surface area (Å²) in [5.74, 6) is -0.934. The number of aromatic hydroxyl groups is 2. The average Bonchev–Trinajstić information content (AvgIpc) is 2.77. The van der Waals surface area contributed by atoms with Gasteiger partial charge in [0.05, 0.1) is 18.8 Å². The van der Waals surface area contributed by atoms with E-state index in [9.17, 15) is 19.8 Å². The van der Waals surface area contributed by atoms with E-state index in [-0.39, 0.29) is 22.8 Å². The minimum Gasteiger partial charge on any atom is -0.506 e. The maximum Gasteiger partial charge on any atom is 0.280 e. The Morgan fingerprint density at radius 1 is 1.19 bits per heavy atom. The standard InChI is InChI=1S/C23H25N3O5/c1-3-4-7-12-26-17-9-6-5-8-16(17)21(28)20(23(26)30)22(29)25-24-14-15-10-11-18(27)19(13-15)31-2/h5-6,8-11,13-14,27-28H,3-4,7,12H2,1-2H3,(H,25,29). The molecule has 0 bridgehead atoms. The van der Waals surface area contributed by atoms with Gasteiger partial charge in [0.1, 0.15) is 11.3 Å². The summed E-state index contributed by atoms with van der Waals surface area (Å²) in [6, 6.07) is 11.5. The van der Waals surface area contributed by atoms with Crippen molar-refractivity contribution in [3.8, 4) is 17.2 Å². The molecule has 0 radical (unpaired) electrons. The van der Waals surface area contributed by atoms with E-state index in [1.54, 1.807) is 36.4 Å². The number of hydrogen-bond donors (Lipinski definition) is 3. The van der Waals surface area contributed by atoms with Crippen molar-refractivity contribution in [2.45, 2.75) is 32.7 Å². The molecule has 0 atom stereocenters. The predicted molar refractivity (Wildman–Crippen MR) is 119 cm³/mol. The molecule has 3 aromatic rings. The Hall–Kier alpha value is -3.81. The number of unbranched alkanes of at least 4 members (excludes halogenated alkanes) is 2. The van der Waals surface area contributed by atoms with Crippen LogP contribution < -0.4 is 15.7 Å². The van der Waals surface area contributed by atoms with Crippen LogP contribution in [0, 0.1) is 0 Å². The number of aryl methyl sites for hydroxylation is 1. The zero-order valence-electron chi connectivity index (χ0n) is 17.5. The van der Waals surface area contributed by atoms with Crippen LogP contribution in [0.1, 0.15) is 42.1 Å². The van der Waals surface area contributed by atoms with E-state index in [0.29, 0.717) is 23.0 Å². The molecule has 1 heterocycles. The van der Waals surface area contributed by atoms with Crippen LogP contribution in [0.25, 0.3) is 10.9 Å². The molecule has 0 spiro atoms. The molecule has 1 aromatic heterocycles. The molecule has 0 saturated heterocycles. The molecule has 0 aliphatic rings. The number of aromatic nitrogens is 1. The number of nitrogens with one attached hydrogen (secondary N) is 1. The minimum atomic E-state index is -0.806. The number of phenolic OH excluding ortho intramolecular Hbond substituents is 1. The van der Waals surface area contributed by atoms with Gasteiger partial charge in [-0.1, -0.05) is 31.9 Å². The third-order valence-corrected chi connectivity index (χ3v) is 4.94. The van der Waals surface area contributed by atoms with Crippen LogP contribution in [0.2, 0.25) is 0 Å². The Labute approximate surface area is 179 Å². The summed E-state index contributed by atoms with van der Waals surface area (Å²) in [5, 5.41) is 24.6. The van der Waals surface area contributed by atoms with Crippen LogP contribution in [-0.2, 0) is 6.54 Å². The lowest BCUT2D eigenvalue weighted by Crippen LogP contribution is -2.31. The molecule has 0 saturated carbocycles. The van der Waals surface area contributed by atoms with Gasteiger partial charge < -0.3 is 19.5 Å². The minimum absolute atomic E-state index is 0.0200. The van der Waals surface area contributed by atoms with Crippen molar-refractivity contribution in [3.63, 3.8) is 0 Å². The van der Waals surface area contributed by atoms with E-state index < -0.39 is 11.5 Å². The summed E-state index contributed by atoms with van der Waals surface area (Å²) in [6.45, 7) is 2.52. The van der Waals surface area contributed by atoms with Crippen LogP contribution in [0.4, 0.5) is 0 Å². The number of carbonyl (C=O) groups is 1. The Morgan fingerprint density at radius 2 is 1.97 bits per heavy atom. The number of benzene rings is 2. The lowest BCUT2D eigenvalue weighted by atomic mass is 10.1. The molecule has 3 N–H and O–H groups in total. The van der Waals surface area contributed by atoms with Crippen molar-refractivity contribution >= 4 is 23.0 Å². The molecular weight excluding hydrogens is 398 g/mol. The number of carbonyl (C=O) groups excluding carboxylic acids is 1. The SMILES string of the molecule is CCCCCn1c(=O)c(C(=O)NN=Cc2ccc(O)c(OC)c2)c(O)c2ccccc21. The number of amides is 1. The Morgan fingerprint density at radius 3 is 2.71 bits per heavy atom. The summed E-state index contributed by atoms with van der Waals surface area (Å²) in [6.07, 6.45) is 4.07. The number of para-hydroxylation sites is 1. The molecule has 0 aliphatic carbocycles. The highest BCUT2D eigenvalue weighted by Gasteiger charge is 2.21. The van der Waals surface area contributed by atoms with Gasteiger partial charge in [-0.05, 0) is 42.3 Å². The molecule has 2 aromatic carbocycles. The molecule has 1 amide bonds. The van der Waals surface area contributed by atoms with E-state index in [2.05, 4.69) is 17.5 Å². The van der Waals surface area contributed by atoms with Crippen LogP contribution in [0.5, 0.6) is 17.2 Å². The van der Waals surface area contributed by atoms with Crippen LogP contribution >= 0.6 is 0 Å². The molecule has 8 heteroatoms. The van der Waals surface area contributed by atoms with Gasteiger partial charge in [-0.15, -0.1) is 0 Å². The number of methoxy groups -OCH3 is 1. The monoisotopic (exact) mass is 423 g/mol. The number of rotatable bonds is 8. The lowest BCUT2D eigenvalue weighted by Gasteiger charge is -2.14. The number of ether oxygens (including phenoxy) is 1. The van der Waals surface area contributed by atoms with Crippen LogP contribution in [0.15, 0.2) is 52.4 Å². The fourth-order valence-electron chi connectivity index (χ4n) is 3.33. The second kappa shape index (κ2) is 9.80. The quantitative estimate of drug-likeness (QED) is 0.292. The first-order chi connectivity index (χ1) is 15.0. The van der Waals surface area contributed by atoms with Crippen LogP contribution in [0.3, 0.4) is 0 Å². The van der Waals surface area contributed by atoms with E-state index in [1.807, 2.05) is 0 Å². The normalized spacial score (nSPS) is 11.2. The summed E-state index contributed by atoms with van der Waals surface area (Å²) in [4.78, 5) is 25.8. The van der Waals surface area contributed by atoms with Gasteiger partial charge >= 0.3 is 0 Å². The summed E-state index contributed by atoms with van der Waals surface area (Å²) in [7, 11) is 1.42. The van der Waals surface area contributed by atoms with Gasteiger partial charge in [0.25, 0.3) is 11.5 Å². The summed E-state index contributed by atoms with van der Waals surface area (Å²) < 4.78 is 6.55. The summed E-state index contributed by atoms with van der Waals surface area (Å²) in [5.41, 5.74) is 2.52. The Balaban J connectivity index is 1.92. The maximum atomic E-state index is 13.0.